The van der Waals surface area contributed by atoms with Crippen LogP contribution in [-0.2, 0) is 0 Å². The molecule has 0 aliphatic rings. The van der Waals surface area contributed by atoms with Crippen molar-refractivity contribution in [3.05, 3.63) is 540 Å². The smallest absolute Gasteiger partial charge is 0.159 e. The van der Waals surface area contributed by atoms with Crippen LogP contribution < -0.4 is 14.7 Å². The summed E-state index contributed by atoms with van der Waals surface area (Å²) in [5, 5.41) is 19.7. The van der Waals surface area contributed by atoms with Crippen LogP contribution in [0, 0.1) is 0 Å². The second-order valence-electron chi connectivity index (χ2n) is 37.2. The Labute approximate surface area is 856 Å². The lowest BCUT2D eigenvalue weighted by atomic mass is 9.93. The van der Waals surface area contributed by atoms with Crippen molar-refractivity contribution in [2.45, 2.75) is 0 Å². The van der Waals surface area contributed by atoms with Gasteiger partial charge in [-0.05, 0) is 256 Å². The summed E-state index contributed by atoms with van der Waals surface area (Å²) in [7, 11) is 0. The molecule has 5 nitrogen and oxygen atoms in total. The average molecular weight is 1920 g/mol. The van der Waals surface area contributed by atoms with E-state index in [0.717, 1.165) is 83.6 Å². The first-order valence-corrected chi connectivity index (χ1v) is 52.0. The van der Waals surface area contributed by atoms with Gasteiger partial charge in [-0.1, -0.05) is 394 Å². The van der Waals surface area contributed by atoms with Crippen molar-refractivity contribution in [1.82, 2.24) is 0 Å². The number of rotatable bonds is 16. The van der Waals surface area contributed by atoms with Crippen LogP contribution in [0.2, 0.25) is 0 Å². The van der Waals surface area contributed by atoms with E-state index in [1.807, 2.05) is 58.3 Å². The Morgan fingerprint density at radius 3 is 0.712 bits per heavy atom. The first-order chi connectivity index (χ1) is 72.4. The van der Waals surface area contributed by atoms with Crippen molar-refractivity contribution in [3.63, 3.8) is 0 Å². The number of furan rings is 2. The van der Waals surface area contributed by atoms with Crippen LogP contribution in [0.1, 0.15) is 0 Å². The molecule has 29 rings (SSSR count). The fraction of sp³-hybridized carbons (Fsp3) is 0. The third kappa shape index (κ3) is 15.8. The maximum atomic E-state index is 6.60. The van der Waals surface area contributed by atoms with Crippen LogP contribution in [-0.4, -0.2) is 0 Å². The molecule has 0 saturated carbocycles. The van der Waals surface area contributed by atoms with Crippen molar-refractivity contribution in [1.29, 1.82) is 0 Å². The standard InChI is InChI=1S/C46H29NO2.C46H29NS2.C46H31NS/c2*1-2-12-31(13-3-1)40-29-33(28-32-14-4-5-15-35(32)40)30-24-26-34(27-25-30)47(41-20-10-18-38-36-16-6-8-22-43(36)48-45(38)41)42-21-11-19-39-37-17-7-9-23-44(37)49-46(39)42;1-3-12-32(13-4-1)33-22-26-38(27-23-33)47(44-20-11-19-42-41-18-9-10-21-45(41)48-46(42)44)39-28-24-34(25-29-39)37-30-36-16-7-8-17-40(36)43(31-37)35-14-5-2-6-15-35/h2*1-29H;1-31H. The van der Waals surface area contributed by atoms with Crippen LogP contribution in [0.25, 0.3) is 215 Å². The average Bonchev–Trinajstić information content (AvgIpc) is 1.58. The van der Waals surface area contributed by atoms with Gasteiger partial charge in [0.15, 0.2) is 11.2 Å². The molecule has 5 aromatic heterocycles. The Bertz CT molecular complexity index is 9390. The predicted octanol–water partition coefficient (Wildman–Crippen LogP) is 41.5. The molecule has 24 aromatic carbocycles. The van der Waals surface area contributed by atoms with Gasteiger partial charge in [0, 0.05) is 90.7 Å². The summed E-state index contributed by atoms with van der Waals surface area (Å²) >= 11 is 5.62. The molecular formula is C138H89N3O2S3. The number of fused-ring (bicyclic) bond motifs is 18. The van der Waals surface area contributed by atoms with Crippen molar-refractivity contribution in [2.75, 3.05) is 14.7 Å². The van der Waals surface area contributed by atoms with E-state index in [9.17, 15) is 0 Å². The highest BCUT2D eigenvalue weighted by molar-refractivity contribution is 7.27. The molecule has 0 fully saturated rings. The van der Waals surface area contributed by atoms with Crippen molar-refractivity contribution in [2.24, 2.45) is 0 Å². The highest BCUT2D eigenvalue weighted by Crippen LogP contribution is 2.54. The van der Waals surface area contributed by atoms with Crippen molar-refractivity contribution >= 4 is 222 Å². The molecular weight excluding hydrogens is 1830 g/mol. The lowest BCUT2D eigenvalue weighted by Gasteiger charge is -2.27. The van der Waals surface area contributed by atoms with Gasteiger partial charge in [-0.15, -0.1) is 34.0 Å². The van der Waals surface area contributed by atoms with E-state index in [0.29, 0.717) is 0 Å². The van der Waals surface area contributed by atoms with Crippen LogP contribution >= 0.6 is 34.0 Å². The number of hydrogen-bond donors (Lipinski definition) is 0. The van der Waals surface area contributed by atoms with Gasteiger partial charge in [-0.3, -0.25) is 0 Å². The van der Waals surface area contributed by atoms with E-state index in [2.05, 4.69) is 530 Å². The molecule has 0 saturated heterocycles. The summed E-state index contributed by atoms with van der Waals surface area (Å²) in [4.78, 5) is 7.16. The van der Waals surface area contributed by atoms with Gasteiger partial charge in [-0.2, -0.15) is 0 Å². The van der Waals surface area contributed by atoms with Gasteiger partial charge in [0.05, 0.1) is 42.5 Å². The van der Waals surface area contributed by atoms with Gasteiger partial charge in [0.2, 0.25) is 0 Å². The topological polar surface area (TPSA) is 36.0 Å². The lowest BCUT2D eigenvalue weighted by Crippen LogP contribution is -2.10. The molecule has 5 heterocycles. The summed E-state index contributed by atoms with van der Waals surface area (Å²) in [6.07, 6.45) is 0. The minimum atomic E-state index is 0.836. The van der Waals surface area contributed by atoms with E-state index in [-0.39, 0.29) is 0 Å². The first-order valence-electron chi connectivity index (χ1n) is 49.5. The maximum absolute atomic E-state index is 6.60. The van der Waals surface area contributed by atoms with Crippen LogP contribution in [0.3, 0.4) is 0 Å². The van der Waals surface area contributed by atoms with E-state index in [4.69, 9.17) is 8.83 Å². The Morgan fingerprint density at radius 2 is 0.377 bits per heavy atom. The highest BCUT2D eigenvalue weighted by Gasteiger charge is 2.28. The molecule has 686 valence electrons. The molecule has 0 atom stereocenters. The Kier molecular flexibility index (Phi) is 22.2. The molecule has 0 amide bonds. The molecule has 0 unspecified atom stereocenters. The zero-order valence-corrected chi connectivity index (χ0v) is 81.7. The van der Waals surface area contributed by atoms with Gasteiger partial charge >= 0.3 is 0 Å². The normalized spacial score (nSPS) is 11.6. The molecule has 146 heavy (non-hydrogen) atoms. The Hall–Kier alpha value is -18.3. The van der Waals surface area contributed by atoms with Gasteiger partial charge in [0.1, 0.15) is 11.2 Å². The van der Waals surface area contributed by atoms with Crippen molar-refractivity contribution < 1.29 is 8.83 Å². The number of anilines is 9. The Balaban J connectivity index is 0.000000109. The third-order valence-corrected chi connectivity index (χ3v) is 32.2. The van der Waals surface area contributed by atoms with E-state index < -0.39 is 0 Å². The molecule has 0 N–H and O–H groups in total. The lowest BCUT2D eigenvalue weighted by molar-refractivity contribution is 0.666. The minimum Gasteiger partial charge on any atom is -0.454 e. The summed E-state index contributed by atoms with van der Waals surface area (Å²) in [5.74, 6) is 0. The highest BCUT2D eigenvalue weighted by atomic mass is 32.1. The summed E-state index contributed by atoms with van der Waals surface area (Å²) in [6, 6.07) is 194. The van der Waals surface area contributed by atoms with Gasteiger partial charge in [0.25, 0.3) is 0 Å². The molecule has 0 spiro atoms. The van der Waals surface area contributed by atoms with E-state index >= 15 is 0 Å². The first kappa shape index (κ1) is 86.8. The number of hydrogen-bond acceptors (Lipinski definition) is 8. The van der Waals surface area contributed by atoms with Gasteiger partial charge < -0.3 is 23.5 Å². The zero-order chi connectivity index (χ0) is 96.5. The largest absolute Gasteiger partial charge is 0.454 e. The molecule has 8 heteroatoms. The van der Waals surface area contributed by atoms with Crippen molar-refractivity contribution in [3.8, 4) is 77.9 Å². The maximum Gasteiger partial charge on any atom is 0.159 e. The molecule has 0 aliphatic carbocycles. The number of thiophene rings is 3. The predicted molar refractivity (Wildman–Crippen MR) is 627 cm³/mol. The van der Waals surface area contributed by atoms with E-state index in [1.54, 1.807) is 0 Å². The van der Waals surface area contributed by atoms with Crippen LogP contribution in [0.15, 0.2) is 549 Å². The molecule has 0 bridgehead atoms. The third-order valence-electron chi connectivity index (χ3n) is 28.6. The number of benzene rings is 24. The summed E-state index contributed by atoms with van der Waals surface area (Å²) in [5.41, 5.74) is 30.3. The molecule has 29 aromatic rings. The molecule has 0 radical (unpaired) electrons. The fourth-order valence-electron chi connectivity index (χ4n) is 21.6. The van der Waals surface area contributed by atoms with Crippen LogP contribution in [0.5, 0.6) is 0 Å². The second kappa shape index (κ2) is 37.3. The quantitative estimate of drug-likeness (QED) is 0.0963. The second-order valence-corrected chi connectivity index (χ2v) is 40.3. The fourth-order valence-corrected chi connectivity index (χ4v) is 25.2. The number of nitrogens with zero attached hydrogens (tertiary/aromatic N) is 3. The minimum absolute atomic E-state index is 0.836. The number of para-hydroxylation sites is 4. The SMILES string of the molecule is c1ccc(-c2cc(-c3ccc(N(c4cccc5c4oc4ccccc45)c4cccc5c4oc4ccccc45)cc3)cc3ccccc23)cc1.c1ccc(-c2cc(-c3ccc(N(c4cccc5c4sc4ccccc45)c4cccc5c4sc4ccccc45)cc3)cc3ccccc23)cc1.c1ccc(-c2ccc(N(c3ccc(-c4cc(-c5ccccc5)c5ccccc5c4)cc3)c3cccc4c3sc3ccccc34)cc2)cc1. The monoisotopic (exact) mass is 1920 g/mol. The zero-order valence-electron chi connectivity index (χ0n) is 79.3. The van der Waals surface area contributed by atoms with Gasteiger partial charge in [-0.25, -0.2) is 0 Å². The summed E-state index contributed by atoms with van der Waals surface area (Å²) < 4.78 is 21.0. The van der Waals surface area contributed by atoms with E-state index in [1.165, 1.54) is 182 Å². The summed E-state index contributed by atoms with van der Waals surface area (Å²) in [6.45, 7) is 0. The van der Waals surface area contributed by atoms with Crippen LogP contribution in [0.4, 0.5) is 51.2 Å². The molecule has 0 aliphatic heterocycles. The Morgan fingerprint density at radius 1 is 0.144 bits per heavy atom.